The first-order chi connectivity index (χ1) is 12.6. The normalized spacial score (nSPS) is 16.0. The van der Waals surface area contributed by atoms with Crippen molar-refractivity contribution < 1.29 is 4.79 Å². The van der Waals surface area contributed by atoms with Crippen LogP contribution in [0.25, 0.3) is 0 Å². The number of carbonyl (C=O) groups is 1. The Labute approximate surface area is 156 Å². The lowest BCUT2D eigenvalue weighted by atomic mass is 10.0. The van der Waals surface area contributed by atoms with Crippen molar-refractivity contribution in [1.82, 2.24) is 9.80 Å². The molecule has 0 spiro atoms. The van der Waals surface area contributed by atoms with Crippen molar-refractivity contribution in [2.75, 3.05) is 38.0 Å². The van der Waals surface area contributed by atoms with Crippen molar-refractivity contribution in [3.8, 4) is 0 Å². The Bertz CT molecular complexity index is 689. The van der Waals surface area contributed by atoms with Gasteiger partial charge in [0, 0.05) is 38.4 Å². The highest BCUT2D eigenvalue weighted by atomic mass is 16.2. The molecule has 1 amide bonds. The fraction of sp³-hybridized carbons (Fsp3) is 0.409. The van der Waals surface area contributed by atoms with E-state index < -0.39 is 0 Å². The number of anilines is 1. The Balaban J connectivity index is 1.41. The van der Waals surface area contributed by atoms with Gasteiger partial charge in [-0.25, -0.2) is 0 Å². The predicted octanol–water partition coefficient (Wildman–Crippen LogP) is 3.57. The third kappa shape index (κ3) is 5.41. The van der Waals surface area contributed by atoms with Gasteiger partial charge in [-0.05, 0) is 29.2 Å². The summed E-state index contributed by atoms with van der Waals surface area (Å²) < 4.78 is 0. The van der Waals surface area contributed by atoms with E-state index in [1.807, 2.05) is 30.3 Å². The van der Waals surface area contributed by atoms with Crippen molar-refractivity contribution in [2.24, 2.45) is 0 Å². The van der Waals surface area contributed by atoms with Gasteiger partial charge in [-0.15, -0.1) is 0 Å². The van der Waals surface area contributed by atoms with Crippen molar-refractivity contribution >= 4 is 11.6 Å². The van der Waals surface area contributed by atoms with Gasteiger partial charge < -0.3 is 5.32 Å². The Kier molecular flexibility index (Phi) is 6.42. The second kappa shape index (κ2) is 8.97. The third-order valence-electron chi connectivity index (χ3n) is 4.94. The van der Waals surface area contributed by atoms with E-state index in [4.69, 9.17) is 0 Å². The van der Waals surface area contributed by atoms with Crippen molar-refractivity contribution in [1.29, 1.82) is 0 Å². The lowest BCUT2D eigenvalue weighted by Crippen LogP contribution is -2.48. The number of hydrogen-bond donors (Lipinski definition) is 1. The number of para-hydroxylation sites is 1. The van der Waals surface area contributed by atoms with Crippen LogP contribution in [0.1, 0.15) is 30.9 Å². The molecular formula is C22H29N3O. The van der Waals surface area contributed by atoms with E-state index in [0.29, 0.717) is 12.5 Å². The van der Waals surface area contributed by atoms with Crippen LogP contribution in [-0.4, -0.2) is 48.4 Å². The molecule has 1 saturated heterocycles. The fourth-order valence-corrected chi connectivity index (χ4v) is 3.30. The molecule has 1 N–H and O–H groups in total. The number of rotatable bonds is 6. The average Bonchev–Trinajstić information content (AvgIpc) is 2.64. The minimum atomic E-state index is 0.0638. The zero-order valence-corrected chi connectivity index (χ0v) is 15.8. The molecule has 1 aliphatic rings. The summed E-state index contributed by atoms with van der Waals surface area (Å²) in [6.07, 6.45) is 0. The molecule has 4 heteroatoms. The zero-order chi connectivity index (χ0) is 18.4. The van der Waals surface area contributed by atoms with E-state index in [0.717, 1.165) is 38.4 Å². The Morgan fingerprint density at radius 3 is 2.15 bits per heavy atom. The molecule has 1 heterocycles. The zero-order valence-electron chi connectivity index (χ0n) is 15.8. The summed E-state index contributed by atoms with van der Waals surface area (Å²) in [5.41, 5.74) is 3.62. The lowest BCUT2D eigenvalue weighted by Gasteiger charge is -2.34. The molecule has 2 aromatic rings. The second-order valence-electron chi connectivity index (χ2n) is 7.36. The van der Waals surface area contributed by atoms with Gasteiger partial charge in [0.1, 0.15) is 0 Å². The molecule has 0 radical (unpaired) electrons. The van der Waals surface area contributed by atoms with Crippen LogP contribution >= 0.6 is 0 Å². The maximum atomic E-state index is 12.2. The molecular weight excluding hydrogens is 322 g/mol. The first-order valence-corrected chi connectivity index (χ1v) is 9.48. The van der Waals surface area contributed by atoms with Gasteiger partial charge in [-0.3, -0.25) is 14.6 Å². The van der Waals surface area contributed by atoms with Crippen molar-refractivity contribution in [3.63, 3.8) is 0 Å². The Morgan fingerprint density at radius 2 is 1.54 bits per heavy atom. The molecule has 1 aliphatic heterocycles. The first kappa shape index (κ1) is 18.6. The molecule has 1 fully saturated rings. The number of amides is 1. The van der Waals surface area contributed by atoms with Crippen LogP contribution in [-0.2, 0) is 11.3 Å². The maximum Gasteiger partial charge on any atom is 0.238 e. The molecule has 4 nitrogen and oxygen atoms in total. The van der Waals surface area contributed by atoms with Crippen LogP contribution in [0.2, 0.25) is 0 Å². The van der Waals surface area contributed by atoms with Crippen LogP contribution in [0, 0.1) is 0 Å². The molecule has 0 unspecified atom stereocenters. The van der Waals surface area contributed by atoms with Crippen LogP contribution in [0.4, 0.5) is 5.69 Å². The van der Waals surface area contributed by atoms with Crippen LogP contribution in [0.15, 0.2) is 54.6 Å². The monoisotopic (exact) mass is 351 g/mol. The highest BCUT2D eigenvalue weighted by Gasteiger charge is 2.19. The minimum Gasteiger partial charge on any atom is -0.325 e. The molecule has 0 aromatic heterocycles. The summed E-state index contributed by atoms with van der Waals surface area (Å²) in [6.45, 7) is 9.78. The molecule has 0 atom stereocenters. The number of nitrogens with one attached hydrogen (secondary N) is 1. The van der Waals surface area contributed by atoms with E-state index in [-0.39, 0.29) is 5.91 Å². The van der Waals surface area contributed by atoms with E-state index in [1.165, 1.54) is 11.1 Å². The van der Waals surface area contributed by atoms with E-state index in [1.54, 1.807) is 0 Å². The van der Waals surface area contributed by atoms with Gasteiger partial charge in [0.05, 0.1) is 6.54 Å². The molecule has 0 aliphatic carbocycles. The van der Waals surface area contributed by atoms with Crippen molar-refractivity contribution in [2.45, 2.75) is 26.3 Å². The summed E-state index contributed by atoms with van der Waals surface area (Å²) in [5.74, 6) is 0.642. The third-order valence-corrected chi connectivity index (χ3v) is 4.94. The van der Waals surface area contributed by atoms with Crippen LogP contribution in [0.3, 0.4) is 0 Å². The summed E-state index contributed by atoms with van der Waals surface area (Å²) >= 11 is 0. The second-order valence-corrected chi connectivity index (χ2v) is 7.36. The maximum absolute atomic E-state index is 12.2. The molecule has 3 rings (SSSR count). The molecule has 0 bridgehead atoms. The van der Waals surface area contributed by atoms with Crippen LogP contribution < -0.4 is 5.32 Å². The quantitative estimate of drug-likeness (QED) is 0.864. The lowest BCUT2D eigenvalue weighted by molar-refractivity contribution is -0.117. The van der Waals surface area contributed by atoms with Gasteiger partial charge >= 0.3 is 0 Å². The van der Waals surface area contributed by atoms with Gasteiger partial charge in [-0.2, -0.15) is 0 Å². The Morgan fingerprint density at radius 1 is 0.923 bits per heavy atom. The molecule has 138 valence electrons. The van der Waals surface area contributed by atoms with Gasteiger partial charge in [0.2, 0.25) is 5.91 Å². The number of piperazine rings is 1. The number of nitrogens with zero attached hydrogens (tertiary/aromatic N) is 2. The van der Waals surface area contributed by atoms with Gasteiger partial charge in [0.25, 0.3) is 0 Å². The minimum absolute atomic E-state index is 0.0638. The Hall–Kier alpha value is -2.17. The summed E-state index contributed by atoms with van der Waals surface area (Å²) in [7, 11) is 0. The molecule has 0 saturated carbocycles. The van der Waals surface area contributed by atoms with E-state index in [9.17, 15) is 4.79 Å². The molecule has 2 aromatic carbocycles. The fourth-order valence-electron chi connectivity index (χ4n) is 3.30. The standard InChI is InChI=1S/C22H29N3O/c1-18(2)20-10-8-19(9-11-20)16-24-12-14-25(15-13-24)17-22(26)23-21-6-4-3-5-7-21/h3-11,18H,12-17H2,1-2H3,(H,23,26). The molecule has 26 heavy (non-hydrogen) atoms. The highest BCUT2D eigenvalue weighted by molar-refractivity contribution is 5.92. The van der Waals surface area contributed by atoms with Crippen molar-refractivity contribution in [3.05, 3.63) is 65.7 Å². The number of hydrogen-bond acceptors (Lipinski definition) is 3. The number of benzene rings is 2. The van der Waals surface area contributed by atoms with Gasteiger partial charge in [0.15, 0.2) is 0 Å². The van der Waals surface area contributed by atoms with E-state index >= 15 is 0 Å². The van der Waals surface area contributed by atoms with Gasteiger partial charge in [-0.1, -0.05) is 56.3 Å². The summed E-state index contributed by atoms with van der Waals surface area (Å²) in [6, 6.07) is 18.6. The highest BCUT2D eigenvalue weighted by Crippen LogP contribution is 2.16. The van der Waals surface area contributed by atoms with Crippen LogP contribution in [0.5, 0.6) is 0 Å². The first-order valence-electron chi connectivity index (χ1n) is 9.48. The van der Waals surface area contributed by atoms with E-state index in [2.05, 4.69) is 53.2 Å². The number of carbonyl (C=O) groups excluding carboxylic acids is 1. The SMILES string of the molecule is CC(C)c1ccc(CN2CCN(CC(=O)Nc3ccccc3)CC2)cc1. The largest absolute Gasteiger partial charge is 0.325 e. The topological polar surface area (TPSA) is 35.6 Å². The predicted molar refractivity (Wildman–Crippen MR) is 107 cm³/mol. The average molecular weight is 351 g/mol. The smallest absolute Gasteiger partial charge is 0.238 e. The summed E-state index contributed by atoms with van der Waals surface area (Å²) in [5, 5.41) is 2.96. The summed E-state index contributed by atoms with van der Waals surface area (Å²) in [4.78, 5) is 16.9.